The molecule has 1 aliphatic rings. The van der Waals surface area contributed by atoms with Gasteiger partial charge in [-0.3, -0.25) is 0 Å². The van der Waals surface area contributed by atoms with Crippen LogP contribution in [0.15, 0.2) is 12.1 Å². The first-order chi connectivity index (χ1) is 8.74. The van der Waals surface area contributed by atoms with Gasteiger partial charge < -0.3 is 14.8 Å². The Balaban J connectivity index is 2.21. The number of nitrogens with one attached hydrogen (secondary N) is 1. The third-order valence-corrected chi connectivity index (χ3v) is 3.61. The fraction of sp³-hybridized carbons (Fsp3) is 0.600. The summed E-state index contributed by atoms with van der Waals surface area (Å²) in [6.45, 7) is 4.37. The monoisotopic (exact) mass is 249 g/mol. The van der Waals surface area contributed by atoms with Crippen LogP contribution in [-0.4, -0.2) is 27.3 Å². The predicted molar refractivity (Wildman–Crippen MR) is 73.6 cm³/mol. The van der Waals surface area contributed by atoms with Crippen molar-refractivity contribution in [2.24, 2.45) is 5.92 Å². The van der Waals surface area contributed by atoms with Gasteiger partial charge in [0.1, 0.15) is 0 Å². The maximum absolute atomic E-state index is 5.52. The van der Waals surface area contributed by atoms with Crippen LogP contribution < -0.4 is 14.8 Å². The van der Waals surface area contributed by atoms with Gasteiger partial charge >= 0.3 is 0 Å². The summed E-state index contributed by atoms with van der Waals surface area (Å²) < 4.78 is 10.9. The maximum Gasteiger partial charge on any atom is 0.163 e. The molecule has 1 unspecified atom stereocenters. The van der Waals surface area contributed by atoms with E-state index >= 15 is 0 Å². The molecule has 18 heavy (non-hydrogen) atoms. The molecule has 0 saturated carbocycles. The standard InChI is InChI=1S/C15H23NO2/c1-11-7-13(9-12-5-4-6-16-10-12)15(18-3)14(8-11)17-2/h7-8,12,16H,4-6,9-10H2,1-3H3. The molecule has 100 valence electrons. The minimum Gasteiger partial charge on any atom is -0.493 e. The van der Waals surface area contributed by atoms with E-state index in [1.807, 2.05) is 6.07 Å². The fourth-order valence-electron chi connectivity index (χ4n) is 2.76. The van der Waals surface area contributed by atoms with Gasteiger partial charge in [-0.15, -0.1) is 0 Å². The zero-order chi connectivity index (χ0) is 13.0. The van der Waals surface area contributed by atoms with Crippen molar-refractivity contribution in [2.75, 3.05) is 27.3 Å². The first kappa shape index (κ1) is 13.2. The second kappa shape index (κ2) is 6.10. The number of hydrogen-bond donors (Lipinski definition) is 1. The molecule has 0 amide bonds. The first-order valence-corrected chi connectivity index (χ1v) is 6.66. The minimum absolute atomic E-state index is 0.708. The normalized spacial score (nSPS) is 19.6. The van der Waals surface area contributed by atoms with E-state index in [1.54, 1.807) is 14.2 Å². The molecule has 1 N–H and O–H groups in total. The van der Waals surface area contributed by atoms with Gasteiger partial charge in [0.25, 0.3) is 0 Å². The van der Waals surface area contributed by atoms with E-state index in [2.05, 4.69) is 18.3 Å². The number of methoxy groups -OCH3 is 2. The Labute approximate surface area is 109 Å². The molecular formula is C15H23NO2. The number of hydrogen-bond acceptors (Lipinski definition) is 3. The first-order valence-electron chi connectivity index (χ1n) is 6.66. The quantitative estimate of drug-likeness (QED) is 0.889. The maximum atomic E-state index is 5.52. The van der Waals surface area contributed by atoms with Crippen LogP contribution in [0.5, 0.6) is 11.5 Å². The minimum atomic E-state index is 0.708. The Bertz CT molecular complexity index is 398. The third kappa shape index (κ3) is 2.96. The molecule has 0 bridgehead atoms. The van der Waals surface area contributed by atoms with Crippen molar-refractivity contribution in [3.05, 3.63) is 23.3 Å². The van der Waals surface area contributed by atoms with Gasteiger partial charge in [0.2, 0.25) is 0 Å². The molecule has 1 aliphatic heterocycles. The summed E-state index contributed by atoms with van der Waals surface area (Å²) in [4.78, 5) is 0. The third-order valence-electron chi connectivity index (χ3n) is 3.61. The van der Waals surface area contributed by atoms with E-state index < -0.39 is 0 Å². The average molecular weight is 249 g/mol. The summed E-state index contributed by atoms with van der Waals surface area (Å²) >= 11 is 0. The van der Waals surface area contributed by atoms with E-state index in [1.165, 1.54) is 24.0 Å². The SMILES string of the molecule is COc1cc(C)cc(CC2CCCNC2)c1OC. The number of benzene rings is 1. The number of rotatable bonds is 4. The van der Waals surface area contributed by atoms with Crippen LogP contribution in [0.1, 0.15) is 24.0 Å². The van der Waals surface area contributed by atoms with Gasteiger partial charge in [0.15, 0.2) is 11.5 Å². The van der Waals surface area contributed by atoms with Gasteiger partial charge in [-0.2, -0.15) is 0 Å². The summed E-state index contributed by atoms with van der Waals surface area (Å²) in [6, 6.07) is 4.25. The molecule has 3 nitrogen and oxygen atoms in total. The lowest BCUT2D eigenvalue weighted by Crippen LogP contribution is -2.30. The lowest BCUT2D eigenvalue weighted by Gasteiger charge is -2.24. The molecule has 0 spiro atoms. The zero-order valence-electron chi connectivity index (χ0n) is 11.6. The smallest absolute Gasteiger partial charge is 0.163 e. The van der Waals surface area contributed by atoms with E-state index in [-0.39, 0.29) is 0 Å². The average Bonchev–Trinajstić information content (AvgIpc) is 2.39. The molecule has 1 aromatic rings. The van der Waals surface area contributed by atoms with Gasteiger partial charge in [-0.1, -0.05) is 6.07 Å². The van der Waals surface area contributed by atoms with Crippen molar-refractivity contribution < 1.29 is 9.47 Å². The second-order valence-electron chi connectivity index (χ2n) is 5.08. The van der Waals surface area contributed by atoms with Crippen molar-refractivity contribution >= 4 is 0 Å². The van der Waals surface area contributed by atoms with Gasteiger partial charge in [-0.25, -0.2) is 0 Å². The second-order valence-corrected chi connectivity index (χ2v) is 5.08. The Morgan fingerprint density at radius 3 is 2.72 bits per heavy atom. The molecule has 3 heteroatoms. The summed E-state index contributed by atoms with van der Waals surface area (Å²) in [5.74, 6) is 2.45. The molecule has 1 heterocycles. The zero-order valence-corrected chi connectivity index (χ0v) is 11.6. The van der Waals surface area contributed by atoms with E-state index in [9.17, 15) is 0 Å². The van der Waals surface area contributed by atoms with Crippen molar-refractivity contribution in [3.63, 3.8) is 0 Å². The Hall–Kier alpha value is -1.22. The van der Waals surface area contributed by atoms with Crippen molar-refractivity contribution in [1.29, 1.82) is 0 Å². The van der Waals surface area contributed by atoms with Crippen LogP contribution in [0.3, 0.4) is 0 Å². The molecule has 1 aromatic carbocycles. The molecule has 1 fully saturated rings. The van der Waals surface area contributed by atoms with E-state index in [0.717, 1.165) is 31.0 Å². The summed E-state index contributed by atoms with van der Waals surface area (Å²) in [5.41, 5.74) is 2.49. The fourth-order valence-corrected chi connectivity index (χ4v) is 2.76. The highest BCUT2D eigenvalue weighted by atomic mass is 16.5. The topological polar surface area (TPSA) is 30.5 Å². The Morgan fingerprint density at radius 1 is 1.28 bits per heavy atom. The summed E-state index contributed by atoms with van der Waals surface area (Å²) in [7, 11) is 3.42. The van der Waals surface area contributed by atoms with Gasteiger partial charge in [0.05, 0.1) is 14.2 Å². The van der Waals surface area contributed by atoms with Crippen molar-refractivity contribution in [2.45, 2.75) is 26.2 Å². The van der Waals surface area contributed by atoms with Crippen LogP contribution in [0.2, 0.25) is 0 Å². The molecular weight excluding hydrogens is 226 g/mol. The number of piperidine rings is 1. The Morgan fingerprint density at radius 2 is 2.11 bits per heavy atom. The lowest BCUT2D eigenvalue weighted by atomic mass is 9.91. The molecule has 0 aromatic heterocycles. The predicted octanol–water partition coefficient (Wildman–Crippen LogP) is 2.55. The highest BCUT2D eigenvalue weighted by molar-refractivity contribution is 5.49. The number of aryl methyl sites for hydroxylation is 1. The highest BCUT2D eigenvalue weighted by Crippen LogP contribution is 2.34. The summed E-state index contributed by atoms with van der Waals surface area (Å²) in [6.07, 6.45) is 3.64. The van der Waals surface area contributed by atoms with Crippen LogP contribution in [0, 0.1) is 12.8 Å². The van der Waals surface area contributed by atoms with E-state index in [0.29, 0.717) is 5.92 Å². The lowest BCUT2D eigenvalue weighted by molar-refractivity contribution is 0.340. The van der Waals surface area contributed by atoms with Gasteiger partial charge in [0, 0.05) is 0 Å². The van der Waals surface area contributed by atoms with Crippen LogP contribution in [0.25, 0.3) is 0 Å². The summed E-state index contributed by atoms with van der Waals surface area (Å²) in [5, 5.41) is 3.46. The molecule has 0 radical (unpaired) electrons. The molecule has 0 aliphatic carbocycles. The molecule has 1 atom stereocenters. The van der Waals surface area contributed by atoms with Crippen molar-refractivity contribution in [3.8, 4) is 11.5 Å². The van der Waals surface area contributed by atoms with Gasteiger partial charge in [-0.05, 0) is 62.4 Å². The van der Waals surface area contributed by atoms with Crippen LogP contribution in [-0.2, 0) is 6.42 Å². The van der Waals surface area contributed by atoms with Crippen LogP contribution in [0.4, 0.5) is 0 Å². The highest BCUT2D eigenvalue weighted by Gasteiger charge is 2.18. The molecule has 2 rings (SSSR count). The van der Waals surface area contributed by atoms with E-state index in [4.69, 9.17) is 9.47 Å². The molecule has 1 saturated heterocycles. The Kier molecular flexibility index (Phi) is 4.48. The van der Waals surface area contributed by atoms with Crippen molar-refractivity contribution in [1.82, 2.24) is 5.32 Å². The van der Waals surface area contributed by atoms with Crippen LogP contribution >= 0.6 is 0 Å². The number of ether oxygens (including phenoxy) is 2. The largest absolute Gasteiger partial charge is 0.493 e.